The second-order valence-electron chi connectivity index (χ2n) is 7.07. The minimum Gasteiger partial charge on any atom is -0.419 e. The molecule has 0 unspecified atom stereocenters. The van der Waals surface area contributed by atoms with Gasteiger partial charge in [0.2, 0.25) is 26.6 Å². The van der Waals surface area contributed by atoms with Crippen LogP contribution >= 0.6 is 11.6 Å². The van der Waals surface area contributed by atoms with Gasteiger partial charge < -0.3 is 9.73 Å². The predicted octanol–water partition coefficient (Wildman–Crippen LogP) is 5.71. The monoisotopic (exact) mass is 434 g/mol. The van der Waals surface area contributed by atoms with E-state index in [2.05, 4.69) is 10.3 Å². The minimum atomic E-state index is -4.01. The molecule has 0 amide bonds. The van der Waals surface area contributed by atoms with E-state index in [1.165, 1.54) is 18.6 Å². The fourth-order valence-electron chi connectivity index (χ4n) is 3.49. The van der Waals surface area contributed by atoms with Gasteiger partial charge in [0.15, 0.2) is 0 Å². The molecule has 1 saturated carbocycles. The molecule has 2 aromatic carbocycles. The lowest BCUT2D eigenvalue weighted by Crippen LogP contribution is -2.23. The number of hydrogen-bond acceptors (Lipinski definition) is 5. The molecule has 1 fully saturated rings. The molecule has 8 heteroatoms. The average Bonchev–Trinajstić information content (AvgIpc) is 3.14. The van der Waals surface area contributed by atoms with Crippen molar-refractivity contribution in [1.82, 2.24) is 4.98 Å². The molecule has 29 heavy (non-hydrogen) atoms. The van der Waals surface area contributed by atoms with Gasteiger partial charge in [-0.1, -0.05) is 43.0 Å². The summed E-state index contributed by atoms with van der Waals surface area (Å²) in [5, 5.41) is 3.41. The summed E-state index contributed by atoms with van der Waals surface area (Å²) < 4.78 is 45.6. The number of oxazole rings is 1. The third kappa shape index (κ3) is 4.16. The Morgan fingerprint density at radius 3 is 2.41 bits per heavy atom. The first-order chi connectivity index (χ1) is 13.9. The number of hydrogen-bond donors (Lipinski definition) is 1. The maximum Gasteiger partial charge on any atom is 0.234 e. The molecule has 0 radical (unpaired) electrons. The van der Waals surface area contributed by atoms with Gasteiger partial charge in [0, 0.05) is 6.04 Å². The first kappa shape index (κ1) is 19.9. The van der Waals surface area contributed by atoms with E-state index in [0.29, 0.717) is 10.6 Å². The lowest BCUT2D eigenvalue weighted by molar-refractivity contribution is 0.450. The largest absolute Gasteiger partial charge is 0.419 e. The molecule has 1 aliphatic carbocycles. The van der Waals surface area contributed by atoms with E-state index in [9.17, 15) is 12.8 Å². The van der Waals surface area contributed by atoms with Crippen LogP contribution in [0.15, 0.2) is 62.9 Å². The van der Waals surface area contributed by atoms with Gasteiger partial charge in [-0.3, -0.25) is 0 Å². The van der Waals surface area contributed by atoms with E-state index in [1.54, 1.807) is 24.3 Å². The summed E-state index contributed by atoms with van der Waals surface area (Å²) in [5.41, 5.74) is 0.501. The van der Waals surface area contributed by atoms with Crippen molar-refractivity contribution in [2.24, 2.45) is 0 Å². The van der Waals surface area contributed by atoms with E-state index in [4.69, 9.17) is 16.0 Å². The third-order valence-corrected chi connectivity index (χ3v) is 7.03. The topological polar surface area (TPSA) is 72.2 Å². The third-order valence-electron chi connectivity index (χ3n) is 5.02. The summed E-state index contributed by atoms with van der Waals surface area (Å²) in [6, 6.07) is 11.7. The van der Waals surface area contributed by atoms with Crippen LogP contribution in [0, 0.1) is 5.82 Å². The molecule has 4 rings (SSSR count). The molecule has 0 spiro atoms. The first-order valence-corrected chi connectivity index (χ1v) is 11.3. The molecule has 5 nitrogen and oxygen atoms in total. The van der Waals surface area contributed by atoms with Gasteiger partial charge in [0.25, 0.3) is 0 Å². The maximum absolute atomic E-state index is 13.3. The second kappa shape index (κ2) is 8.16. The number of rotatable bonds is 5. The molecule has 0 aliphatic heterocycles. The molecule has 152 valence electrons. The van der Waals surface area contributed by atoms with Crippen LogP contribution in [0.1, 0.15) is 32.1 Å². The highest BCUT2D eigenvalue weighted by Crippen LogP contribution is 2.36. The van der Waals surface area contributed by atoms with Crippen molar-refractivity contribution < 1.29 is 17.2 Å². The Morgan fingerprint density at radius 2 is 1.72 bits per heavy atom. The van der Waals surface area contributed by atoms with Crippen LogP contribution in [-0.2, 0) is 9.84 Å². The molecule has 1 heterocycles. The van der Waals surface area contributed by atoms with E-state index in [-0.39, 0.29) is 27.7 Å². The lowest BCUT2D eigenvalue weighted by Gasteiger charge is -2.22. The van der Waals surface area contributed by atoms with Gasteiger partial charge in [-0.15, -0.1) is 0 Å². The van der Waals surface area contributed by atoms with Crippen LogP contribution < -0.4 is 5.32 Å². The van der Waals surface area contributed by atoms with Crippen molar-refractivity contribution in [3.8, 4) is 11.5 Å². The Bertz CT molecular complexity index is 1110. The van der Waals surface area contributed by atoms with E-state index < -0.39 is 15.7 Å². The summed E-state index contributed by atoms with van der Waals surface area (Å²) in [4.78, 5) is 4.23. The van der Waals surface area contributed by atoms with Crippen LogP contribution in [-0.4, -0.2) is 19.4 Å². The van der Waals surface area contributed by atoms with Crippen LogP contribution in [0.4, 0.5) is 10.3 Å². The number of nitrogens with one attached hydrogen (secondary N) is 1. The molecule has 0 bridgehead atoms. The highest BCUT2D eigenvalue weighted by Gasteiger charge is 2.30. The van der Waals surface area contributed by atoms with Gasteiger partial charge in [-0.25, -0.2) is 12.8 Å². The number of sulfone groups is 1. The maximum atomic E-state index is 13.3. The normalized spacial score (nSPS) is 15.4. The van der Waals surface area contributed by atoms with Crippen LogP contribution in [0.25, 0.3) is 11.5 Å². The van der Waals surface area contributed by atoms with Crippen molar-refractivity contribution in [3.63, 3.8) is 0 Å². The molecule has 3 aromatic rings. The lowest BCUT2D eigenvalue weighted by atomic mass is 9.96. The molecular formula is C21H20ClFN2O3S. The number of nitrogens with zero attached hydrogens (tertiary/aromatic N) is 1. The van der Waals surface area contributed by atoms with E-state index in [0.717, 1.165) is 37.8 Å². The van der Waals surface area contributed by atoms with Crippen LogP contribution in [0.3, 0.4) is 0 Å². The van der Waals surface area contributed by atoms with Crippen molar-refractivity contribution in [2.75, 3.05) is 5.32 Å². The summed E-state index contributed by atoms with van der Waals surface area (Å²) >= 11 is 6.25. The SMILES string of the molecule is O=S(=O)(c1ccc(F)cc1)c1nc(-c2ccccc2Cl)oc1NC1CCCCC1. The molecule has 1 aromatic heterocycles. The Morgan fingerprint density at radius 1 is 1.03 bits per heavy atom. The van der Waals surface area contributed by atoms with Crippen LogP contribution in [0.2, 0.25) is 5.02 Å². The summed E-state index contributed by atoms with van der Waals surface area (Å²) in [7, 11) is -4.01. The quantitative estimate of drug-likeness (QED) is 0.520. The highest BCUT2D eigenvalue weighted by molar-refractivity contribution is 7.91. The van der Waals surface area contributed by atoms with Gasteiger partial charge >= 0.3 is 0 Å². The fourth-order valence-corrected chi connectivity index (χ4v) is 4.97. The standard InChI is InChI=1S/C21H20ClFN2O3S/c22-18-9-5-4-8-17(18)19-25-21(20(28-19)24-15-6-2-1-3-7-15)29(26,27)16-12-10-14(23)11-13-16/h4-5,8-13,15,24H,1-3,6-7H2. The Kier molecular flexibility index (Phi) is 5.61. The zero-order valence-electron chi connectivity index (χ0n) is 15.6. The average molecular weight is 435 g/mol. The van der Waals surface area contributed by atoms with Crippen LogP contribution in [0.5, 0.6) is 0 Å². The van der Waals surface area contributed by atoms with Crippen molar-refractivity contribution in [2.45, 2.75) is 48.1 Å². The summed E-state index contributed by atoms with van der Waals surface area (Å²) in [6.45, 7) is 0. The van der Waals surface area contributed by atoms with E-state index >= 15 is 0 Å². The van der Waals surface area contributed by atoms with E-state index in [1.807, 2.05) is 0 Å². The number of anilines is 1. The zero-order valence-corrected chi connectivity index (χ0v) is 17.1. The molecule has 0 atom stereocenters. The number of aromatic nitrogens is 1. The minimum absolute atomic E-state index is 0.0513. The van der Waals surface area contributed by atoms with Crippen molar-refractivity contribution in [1.29, 1.82) is 0 Å². The van der Waals surface area contributed by atoms with Crippen molar-refractivity contribution >= 4 is 27.3 Å². The Hall–Kier alpha value is -2.38. The number of halogens is 2. The highest BCUT2D eigenvalue weighted by atomic mass is 35.5. The number of benzene rings is 2. The predicted molar refractivity (Wildman–Crippen MR) is 109 cm³/mol. The first-order valence-electron chi connectivity index (χ1n) is 9.48. The summed E-state index contributed by atoms with van der Waals surface area (Å²) in [5.74, 6) is -0.299. The Labute approximate surface area is 173 Å². The Balaban J connectivity index is 1.80. The van der Waals surface area contributed by atoms with Gasteiger partial charge in [0.1, 0.15) is 5.82 Å². The van der Waals surface area contributed by atoms with Gasteiger partial charge in [-0.2, -0.15) is 4.98 Å². The molecule has 0 saturated heterocycles. The fraction of sp³-hybridized carbons (Fsp3) is 0.286. The molecular weight excluding hydrogens is 415 g/mol. The van der Waals surface area contributed by atoms with Gasteiger partial charge in [-0.05, 0) is 49.2 Å². The zero-order chi connectivity index (χ0) is 20.4. The van der Waals surface area contributed by atoms with Gasteiger partial charge in [0.05, 0.1) is 15.5 Å². The van der Waals surface area contributed by atoms with Crippen molar-refractivity contribution in [3.05, 3.63) is 59.4 Å². The molecule has 1 N–H and O–H groups in total. The second-order valence-corrected chi connectivity index (χ2v) is 9.34. The summed E-state index contributed by atoms with van der Waals surface area (Å²) in [6.07, 6.45) is 5.17. The molecule has 1 aliphatic rings. The smallest absolute Gasteiger partial charge is 0.234 e.